The quantitative estimate of drug-likeness (QED) is 0.512. The number of fused-ring (bicyclic) bond motifs is 1. The van der Waals surface area contributed by atoms with Crippen molar-refractivity contribution in [1.82, 2.24) is 13.9 Å². The summed E-state index contributed by atoms with van der Waals surface area (Å²) in [5.74, 6) is 0.413. The van der Waals surface area contributed by atoms with Gasteiger partial charge in [-0.25, -0.2) is 22.1 Å². The van der Waals surface area contributed by atoms with Gasteiger partial charge >= 0.3 is 0 Å². The van der Waals surface area contributed by atoms with Gasteiger partial charge in [0.15, 0.2) is 0 Å². The van der Waals surface area contributed by atoms with Crippen LogP contribution in [0.15, 0.2) is 53.2 Å². The number of pyridine rings is 1. The van der Waals surface area contributed by atoms with E-state index in [0.29, 0.717) is 11.1 Å². The number of sulfonamides is 1. The summed E-state index contributed by atoms with van der Waals surface area (Å²) in [4.78, 5) is 6.87. The van der Waals surface area contributed by atoms with Gasteiger partial charge in [-0.1, -0.05) is 12.1 Å². The molecule has 2 N–H and O–H groups in total. The Morgan fingerprint density at radius 3 is 2.39 bits per heavy atom. The first-order valence-corrected chi connectivity index (χ1v) is 11.3. The summed E-state index contributed by atoms with van der Waals surface area (Å²) in [5.41, 5.74) is 9.18. The van der Waals surface area contributed by atoms with Gasteiger partial charge < -0.3 is 15.2 Å². The maximum absolute atomic E-state index is 14.4. The van der Waals surface area contributed by atoms with Gasteiger partial charge in [-0.2, -0.15) is 0 Å². The summed E-state index contributed by atoms with van der Waals surface area (Å²) in [6.07, 6.45) is 1.34. The molecule has 0 atom stereocenters. The number of halogens is 3. The molecule has 0 saturated heterocycles. The number of hydrogen-bond acceptors (Lipinski definition) is 5. The molecule has 0 fully saturated rings. The lowest BCUT2D eigenvalue weighted by molar-refractivity contribution is 0.521. The summed E-state index contributed by atoms with van der Waals surface area (Å²) in [6, 6.07) is 10.5. The maximum atomic E-state index is 14.4. The highest BCUT2D eigenvalue weighted by Gasteiger charge is 2.22. The predicted octanol–water partition coefficient (Wildman–Crippen LogP) is 3.98. The molecule has 0 unspecified atom stereocenters. The van der Waals surface area contributed by atoms with Crippen LogP contribution in [0.5, 0.6) is 0 Å². The van der Waals surface area contributed by atoms with Gasteiger partial charge in [0.2, 0.25) is 10.0 Å². The maximum Gasteiger partial charge on any atom is 0.242 e. The van der Waals surface area contributed by atoms with E-state index < -0.39 is 10.0 Å². The molecule has 0 bridgehead atoms. The standard InChI is InChI=1S/C22H28FN5O2S.2ClH/c1-15-21(16-7-6-8-18(13-16)31(29,30)27(4)5)22-19(9-10-20(25-22)26(2)3)28(15)14-17(23)11-12-24;;/h6-11,13H,12,14,24H2,1-5H3;2*1H/b17-11-;;. The first kappa shape index (κ1) is 28.9. The fourth-order valence-electron chi connectivity index (χ4n) is 3.50. The van der Waals surface area contributed by atoms with Crippen LogP contribution in [0.4, 0.5) is 10.2 Å². The van der Waals surface area contributed by atoms with Gasteiger partial charge in [0.25, 0.3) is 0 Å². The topological polar surface area (TPSA) is 84.5 Å². The van der Waals surface area contributed by atoms with Crippen LogP contribution in [0.2, 0.25) is 0 Å². The van der Waals surface area contributed by atoms with Crippen LogP contribution < -0.4 is 10.6 Å². The second-order valence-corrected chi connectivity index (χ2v) is 9.83. The fourth-order valence-corrected chi connectivity index (χ4v) is 4.44. The molecule has 3 aromatic rings. The zero-order valence-electron chi connectivity index (χ0n) is 19.2. The Balaban J connectivity index is 0.00000272. The Kier molecular flexibility index (Phi) is 9.89. The summed E-state index contributed by atoms with van der Waals surface area (Å²) < 4.78 is 42.7. The molecule has 11 heteroatoms. The van der Waals surface area contributed by atoms with Gasteiger partial charge in [-0.15, -0.1) is 24.8 Å². The van der Waals surface area contributed by atoms with Gasteiger partial charge in [-0.3, -0.25) is 0 Å². The van der Waals surface area contributed by atoms with Crippen molar-refractivity contribution in [1.29, 1.82) is 0 Å². The Morgan fingerprint density at radius 1 is 1.15 bits per heavy atom. The minimum atomic E-state index is -3.60. The molecule has 7 nitrogen and oxygen atoms in total. The summed E-state index contributed by atoms with van der Waals surface area (Å²) in [7, 11) is 3.18. The summed E-state index contributed by atoms with van der Waals surface area (Å²) in [6.45, 7) is 2.03. The highest BCUT2D eigenvalue weighted by molar-refractivity contribution is 7.89. The van der Waals surface area contributed by atoms with Crippen molar-refractivity contribution in [2.45, 2.75) is 18.4 Å². The number of benzene rings is 1. The van der Waals surface area contributed by atoms with E-state index in [4.69, 9.17) is 10.7 Å². The lowest BCUT2D eigenvalue weighted by atomic mass is 10.1. The zero-order valence-corrected chi connectivity index (χ0v) is 21.7. The van der Waals surface area contributed by atoms with E-state index in [1.165, 1.54) is 24.5 Å². The number of aromatic nitrogens is 2. The molecule has 0 aliphatic rings. The highest BCUT2D eigenvalue weighted by Crippen LogP contribution is 2.36. The molecule has 0 amide bonds. The molecular formula is C22H30Cl2FN5O2S. The third-order valence-electron chi connectivity index (χ3n) is 5.16. The van der Waals surface area contributed by atoms with Crippen molar-refractivity contribution in [3.63, 3.8) is 0 Å². The third-order valence-corrected chi connectivity index (χ3v) is 6.97. The molecule has 0 aliphatic heterocycles. The van der Waals surface area contributed by atoms with Gasteiger partial charge in [0.1, 0.15) is 11.6 Å². The van der Waals surface area contributed by atoms with Crippen LogP contribution in [0, 0.1) is 6.92 Å². The largest absolute Gasteiger partial charge is 0.363 e. The molecule has 2 heterocycles. The third kappa shape index (κ3) is 5.67. The van der Waals surface area contributed by atoms with Crippen LogP contribution in [-0.4, -0.2) is 57.0 Å². The highest BCUT2D eigenvalue weighted by atomic mass is 35.5. The van der Waals surface area contributed by atoms with Crippen molar-refractivity contribution in [3.8, 4) is 11.1 Å². The number of anilines is 1. The van der Waals surface area contributed by atoms with E-state index in [9.17, 15) is 12.8 Å². The van der Waals surface area contributed by atoms with E-state index in [1.54, 1.807) is 18.2 Å². The predicted molar refractivity (Wildman–Crippen MR) is 138 cm³/mol. The van der Waals surface area contributed by atoms with E-state index in [1.807, 2.05) is 48.7 Å². The van der Waals surface area contributed by atoms with Crippen LogP contribution in [0.25, 0.3) is 22.2 Å². The summed E-state index contributed by atoms with van der Waals surface area (Å²) >= 11 is 0. The van der Waals surface area contributed by atoms with Crippen molar-refractivity contribution in [2.24, 2.45) is 5.73 Å². The van der Waals surface area contributed by atoms with Gasteiger partial charge in [0.05, 0.1) is 22.5 Å². The number of nitrogens with two attached hydrogens (primary N) is 1. The van der Waals surface area contributed by atoms with Gasteiger partial charge in [0, 0.05) is 46.0 Å². The second-order valence-electron chi connectivity index (χ2n) is 7.68. The normalized spacial score (nSPS) is 11.9. The first-order chi connectivity index (χ1) is 14.6. The van der Waals surface area contributed by atoms with Crippen molar-refractivity contribution < 1.29 is 12.8 Å². The molecular weight excluding hydrogens is 488 g/mol. The van der Waals surface area contributed by atoms with Crippen LogP contribution in [-0.2, 0) is 16.6 Å². The molecule has 33 heavy (non-hydrogen) atoms. The molecule has 0 aliphatic carbocycles. The van der Waals surface area contributed by atoms with Crippen molar-refractivity contribution >= 4 is 51.7 Å². The van der Waals surface area contributed by atoms with Crippen LogP contribution in [0.3, 0.4) is 0 Å². The minimum absolute atomic E-state index is 0. The van der Waals surface area contributed by atoms with E-state index >= 15 is 0 Å². The first-order valence-electron chi connectivity index (χ1n) is 9.82. The zero-order chi connectivity index (χ0) is 22.9. The molecule has 3 rings (SSSR count). The van der Waals surface area contributed by atoms with Crippen LogP contribution in [0.1, 0.15) is 5.69 Å². The molecule has 182 valence electrons. The second kappa shape index (κ2) is 11.3. The number of rotatable bonds is 7. The van der Waals surface area contributed by atoms with E-state index in [2.05, 4.69) is 0 Å². The summed E-state index contributed by atoms with van der Waals surface area (Å²) in [5, 5.41) is 0. The van der Waals surface area contributed by atoms with Crippen molar-refractivity contribution in [2.75, 3.05) is 39.6 Å². The van der Waals surface area contributed by atoms with Crippen molar-refractivity contribution in [3.05, 3.63) is 54.0 Å². The number of nitrogens with zero attached hydrogens (tertiary/aromatic N) is 4. The lowest BCUT2D eigenvalue weighted by Crippen LogP contribution is -2.22. The lowest BCUT2D eigenvalue weighted by Gasteiger charge is -2.13. The molecule has 0 saturated carbocycles. The van der Waals surface area contributed by atoms with Crippen LogP contribution >= 0.6 is 24.8 Å². The van der Waals surface area contributed by atoms with E-state index in [0.717, 1.165) is 22.6 Å². The molecule has 0 radical (unpaired) electrons. The number of hydrogen-bond donors (Lipinski definition) is 1. The Hall–Kier alpha value is -2.17. The molecule has 2 aromatic heterocycles. The van der Waals surface area contributed by atoms with E-state index in [-0.39, 0.29) is 48.6 Å². The molecule has 1 aromatic carbocycles. The smallest absolute Gasteiger partial charge is 0.242 e. The monoisotopic (exact) mass is 517 g/mol. The molecule has 0 spiro atoms. The fraction of sp³-hybridized carbons (Fsp3) is 0.318. The number of allylic oxidation sites excluding steroid dienone is 1. The Morgan fingerprint density at radius 2 is 1.82 bits per heavy atom. The Bertz CT molecular complexity index is 1260. The van der Waals surface area contributed by atoms with Gasteiger partial charge in [-0.05, 0) is 42.8 Å². The average molecular weight is 518 g/mol. The Labute approximate surface area is 206 Å². The SMILES string of the molecule is Cc1c(-c2cccc(S(=O)(=O)N(C)C)c2)c2nc(N(C)C)ccc2n1C/C(F)=C/CN.Cl.Cl. The average Bonchev–Trinajstić information content (AvgIpc) is 2.99. The minimum Gasteiger partial charge on any atom is -0.363 e.